The molecule has 2 aromatic carbocycles. The van der Waals surface area contributed by atoms with E-state index >= 15 is 0 Å². The second-order valence-corrected chi connectivity index (χ2v) is 6.40. The Kier molecular flexibility index (Phi) is 6.56. The summed E-state index contributed by atoms with van der Waals surface area (Å²) in [6, 6.07) is 20.8. The average Bonchev–Trinajstić information content (AvgIpc) is 2.62. The van der Waals surface area contributed by atoms with Crippen molar-refractivity contribution in [3.8, 4) is 0 Å². The SMILES string of the molecule is CCC(C)N(C)CC(=O)N(C)C(c1ccccc1)c1ccccc1. The van der Waals surface area contributed by atoms with Crippen molar-refractivity contribution in [2.24, 2.45) is 0 Å². The van der Waals surface area contributed by atoms with Crippen molar-refractivity contribution in [2.75, 3.05) is 20.6 Å². The van der Waals surface area contributed by atoms with Gasteiger partial charge in [-0.05, 0) is 31.5 Å². The molecule has 0 spiro atoms. The molecule has 0 saturated heterocycles. The van der Waals surface area contributed by atoms with Crippen LogP contribution in [0.1, 0.15) is 37.4 Å². The third kappa shape index (κ3) is 4.45. The zero-order chi connectivity index (χ0) is 17.5. The number of benzene rings is 2. The first kappa shape index (κ1) is 18.2. The second kappa shape index (κ2) is 8.65. The molecular formula is C21H28N2O. The summed E-state index contributed by atoms with van der Waals surface area (Å²) in [6.45, 7) is 4.73. The fraction of sp³-hybridized carbons (Fsp3) is 0.381. The van der Waals surface area contributed by atoms with E-state index in [1.54, 1.807) is 0 Å². The number of nitrogens with zero attached hydrogens (tertiary/aromatic N) is 2. The average molecular weight is 324 g/mol. The number of carbonyl (C=O) groups excluding carboxylic acids is 1. The van der Waals surface area contributed by atoms with Gasteiger partial charge in [0.15, 0.2) is 0 Å². The van der Waals surface area contributed by atoms with Gasteiger partial charge < -0.3 is 4.90 Å². The zero-order valence-corrected chi connectivity index (χ0v) is 15.1. The van der Waals surface area contributed by atoms with Gasteiger partial charge in [-0.25, -0.2) is 0 Å². The minimum atomic E-state index is -0.0646. The number of amides is 1. The van der Waals surface area contributed by atoms with Crippen LogP contribution in [-0.4, -0.2) is 42.4 Å². The maximum Gasteiger partial charge on any atom is 0.237 e. The van der Waals surface area contributed by atoms with E-state index in [2.05, 4.69) is 43.0 Å². The molecule has 0 bridgehead atoms. The van der Waals surface area contributed by atoms with Gasteiger partial charge in [0.2, 0.25) is 5.91 Å². The molecule has 0 N–H and O–H groups in total. The molecule has 2 aromatic rings. The van der Waals surface area contributed by atoms with Crippen LogP contribution in [0.25, 0.3) is 0 Å². The molecule has 3 nitrogen and oxygen atoms in total. The van der Waals surface area contributed by atoms with E-state index in [1.807, 2.05) is 55.4 Å². The van der Waals surface area contributed by atoms with Crippen molar-refractivity contribution in [1.29, 1.82) is 0 Å². The Morgan fingerprint density at radius 2 is 1.38 bits per heavy atom. The van der Waals surface area contributed by atoms with Crippen LogP contribution in [0.5, 0.6) is 0 Å². The Morgan fingerprint density at radius 3 is 1.79 bits per heavy atom. The van der Waals surface area contributed by atoms with E-state index in [9.17, 15) is 4.79 Å². The monoisotopic (exact) mass is 324 g/mol. The van der Waals surface area contributed by atoms with Crippen LogP contribution in [0.4, 0.5) is 0 Å². The molecule has 0 aromatic heterocycles. The predicted molar refractivity (Wildman–Crippen MR) is 99.9 cm³/mol. The van der Waals surface area contributed by atoms with Crippen molar-refractivity contribution in [1.82, 2.24) is 9.80 Å². The third-order valence-corrected chi connectivity index (χ3v) is 4.74. The van der Waals surface area contributed by atoms with Crippen molar-refractivity contribution in [2.45, 2.75) is 32.4 Å². The van der Waals surface area contributed by atoms with Crippen LogP contribution >= 0.6 is 0 Å². The molecule has 1 unspecified atom stereocenters. The van der Waals surface area contributed by atoms with Crippen molar-refractivity contribution < 1.29 is 4.79 Å². The third-order valence-electron chi connectivity index (χ3n) is 4.74. The lowest BCUT2D eigenvalue weighted by Gasteiger charge is -2.32. The highest BCUT2D eigenvalue weighted by atomic mass is 16.2. The van der Waals surface area contributed by atoms with Crippen molar-refractivity contribution in [3.05, 3.63) is 71.8 Å². The first-order chi connectivity index (χ1) is 11.5. The van der Waals surface area contributed by atoms with Gasteiger partial charge in [0.1, 0.15) is 0 Å². The number of hydrogen-bond donors (Lipinski definition) is 0. The molecule has 2 rings (SSSR count). The lowest BCUT2D eigenvalue weighted by molar-refractivity contribution is -0.132. The lowest BCUT2D eigenvalue weighted by Crippen LogP contribution is -2.41. The standard InChI is InChI=1S/C21H28N2O/c1-5-17(2)22(3)16-20(24)23(4)21(18-12-8-6-9-13-18)19-14-10-7-11-15-19/h6-15,17,21H,5,16H2,1-4H3. The number of hydrogen-bond acceptors (Lipinski definition) is 2. The summed E-state index contributed by atoms with van der Waals surface area (Å²) < 4.78 is 0. The summed E-state index contributed by atoms with van der Waals surface area (Å²) in [5, 5.41) is 0. The summed E-state index contributed by atoms with van der Waals surface area (Å²) in [5.41, 5.74) is 2.26. The van der Waals surface area contributed by atoms with Crippen molar-refractivity contribution in [3.63, 3.8) is 0 Å². The van der Waals surface area contributed by atoms with Crippen LogP contribution in [0.15, 0.2) is 60.7 Å². The van der Waals surface area contributed by atoms with Gasteiger partial charge in [0.05, 0.1) is 12.6 Å². The summed E-state index contributed by atoms with van der Waals surface area (Å²) in [7, 11) is 3.91. The largest absolute Gasteiger partial charge is 0.334 e. The lowest BCUT2D eigenvalue weighted by atomic mass is 9.97. The van der Waals surface area contributed by atoms with Crippen LogP contribution in [0.3, 0.4) is 0 Å². The summed E-state index contributed by atoms with van der Waals surface area (Å²) >= 11 is 0. The number of rotatable bonds is 7. The fourth-order valence-electron chi connectivity index (χ4n) is 2.85. The molecular weight excluding hydrogens is 296 g/mol. The molecule has 0 fully saturated rings. The first-order valence-corrected chi connectivity index (χ1v) is 8.60. The second-order valence-electron chi connectivity index (χ2n) is 6.40. The maximum atomic E-state index is 12.8. The van der Waals surface area contributed by atoms with Crippen molar-refractivity contribution >= 4 is 5.91 Å². The molecule has 0 aliphatic heterocycles. The Labute approximate surface area is 145 Å². The molecule has 0 radical (unpaired) electrons. The summed E-state index contributed by atoms with van der Waals surface area (Å²) in [5.74, 6) is 0.135. The van der Waals surface area contributed by atoms with E-state index in [4.69, 9.17) is 0 Å². The molecule has 128 valence electrons. The maximum absolute atomic E-state index is 12.8. The van der Waals surface area contributed by atoms with E-state index in [0.717, 1.165) is 17.5 Å². The molecule has 0 aliphatic carbocycles. The normalized spacial score (nSPS) is 12.4. The Balaban J connectivity index is 2.25. The van der Waals surface area contributed by atoms with Gasteiger partial charge >= 0.3 is 0 Å². The smallest absolute Gasteiger partial charge is 0.237 e. The first-order valence-electron chi connectivity index (χ1n) is 8.60. The summed E-state index contributed by atoms with van der Waals surface area (Å²) in [4.78, 5) is 16.8. The van der Waals surface area contributed by atoms with Crippen LogP contribution < -0.4 is 0 Å². The Hall–Kier alpha value is -2.13. The van der Waals surface area contributed by atoms with Crippen LogP contribution in [-0.2, 0) is 4.79 Å². The molecule has 24 heavy (non-hydrogen) atoms. The minimum Gasteiger partial charge on any atom is -0.334 e. The highest BCUT2D eigenvalue weighted by Crippen LogP contribution is 2.27. The summed E-state index contributed by atoms with van der Waals surface area (Å²) in [6.07, 6.45) is 1.04. The fourth-order valence-corrected chi connectivity index (χ4v) is 2.85. The number of likely N-dealkylation sites (N-methyl/N-ethyl adjacent to an activating group) is 2. The van der Waals surface area contributed by atoms with E-state index < -0.39 is 0 Å². The molecule has 0 heterocycles. The molecule has 1 amide bonds. The molecule has 3 heteroatoms. The van der Waals surface area contributed by atoms with E-state index in [0.29, 0.717) is 12.6 Å². The van der Waals surface area contributed by atoms with E-state index in [1.165, 1.54) is 0 Å². The number of carbonyl (C=O) groups is 1. The van der Waals surface area contributed by atoms with Gasteiger partial charge in [-0.15, -0.1) is 0 Å². The minimum absolute atomic E-state index is 0.0646. The van der Waals surface area contributed by atoms with E-state index in [-0.39, 0.29) is 11.9 Å². The molecule has 0 aliphatic rings. The highest BCUT2D eigenvalue weighted by molar-refractivity contribution is 5.79. The van der Waals surface area contributed by atoms with Gasteiger partial charge in [-0.2, -0.15) is 0 Å². The van der Waals surface area contributed by atoms with Gasteiger partial charge in [-0.1, -0.05) is 67.6 Å². The van der Waals surface area contributed by atoms with Gasteiger partial charge in [0, 0.05) is 13.1 Å². The van der Waals surface area contributed by atoms with Crippen LogP contribution in [0.2, 0.25) is 0 Å². The Bertz CT molecular complexity index is 587. The van der Waals surface area contributed by atoms with Crippen LogP contribution in [0, 0.1) is 0 Å². The Morgan fingerprint density at radius 1 is 0.917 bits per heavy atom. The quantitative estimate of drug-likeness (QED) is 0.769. The topological polar surface area (TPSA) is 23.6 Å². The van der Waals surface area contributed by atoms with Gasteiger partial charge in [0.25, 0.3) is 0 Å². The van der Waals surface area contributed by atoms with Gasteiger partial charge in [-0.3, -0.25) is 9.69 Å². The highest BCUT2D eigenvalue weighted by Gasteiger charge is 2.24. The molecule has 0 saturated carbocycles. The zero-order valence-electron chi connectivity index (χ0n) is 15.1. The molecule has 1 atom stereocenters. The predicted octanol–water partition coefficient (Wildman–Crippen LogP) is 3.96.